The Kier molecular flexibility index (Phi) is 113. The zero-order valence-electron chi connectivity index (χ0n) is 1.39. The largest absolute Gasteiger partial charge is 0.316 e. The van der Waals surface area contributed by atoms with Gasteiger partial charge in [0.2, 0.25) is 0 Å². The molecule has 0 aromatic rings. The van der Waals surface area contributed by atoms with Gasteiger partial charge >= 0.3 is 23.1 Å². The van der Waals surface area contributed by atoms with Gasteiger partial charge in [0.05, 0.1) is 0 Å². The Balaban J connectivity index is 0. The second-order valence-electron chi connectivity index (χ2n) is 0. The van der Waals surface area contributed by atoms with Crippen LogP contribution in [0.1, 0.15) is 0 Å². The van der Waals surface area contributed by atoms with Gasteiger partial charge in [-0.15, -0.1) is 0 Å². The Bertz CT molecular complexity index is 8.00. The first kappa shape index (κ1) is 27.3. The average molecular weight is 391 g/mol. The Morgan fingerprint density at radius 2 is 1.00 bits per heavy atom. The van der Waals surface area contributed by atoms with Crippen LogP contribution in [0.5, 0.6) is 0 Å². The van der Waals surface area contributed by atoms with Crippen LogP contribution in [-0.2, 0) is 71.0 Å². The van der Waals surface area contributed by atoms with Gasteiger partial charge in [0.1, 0.15) is 0 Å². The SMILES string of the molecule is [MgH2].[Nb].[Ta].[Zr]. The van der Waals surface area contributed by atoms with Crippen LogP contribution in [-0.4, -0.2) is 23.1 Å². The third-order valence-corrected chi connectivity index (χ3v) is 0. The fraction of sp³-hybridized carbons (Fsp3) is 0. The number of hydrogen-bond acceptors (Lipinski definition) is 0. The van der Waals surface area contributed by atoms with Gasteiger partial charge in [-0.25, -0.2) is 0 Å². The van der Waals surface area contributed by atoms with Gasteiger partial charge < -0.3 is 0 Å². The third-order valence-electron chi connectivity index (χ3n) is 0. The quantitative estimate of drug-likeness (QED) is 0.469. The maximum absolute atomic E-state index is 0. The van der Waals surface area contributed by atoms with E-state index in [4.69, 9.17) is 0 Å². The molecule has 0 aliphatic carbocycles. The summed E-state index contributed by atoms with van der Waals surface area (Å²) in [5.74, 6) is 0. The smallest absolute Gasteiger partial charge is 0 e. The molecule has 0 N–H and O–H groups in total. The summed E-state index contributed by atoms with van der Waals surface area (Å²) < 4.78 is 0. The van der Waals surface area contributed by atoms with E-state index >= 15 is 0 Å². The molecule has 2 radical (unpaired) electrons. The van der Waals surface area contributed by atoms with E-state index in [-0.39, 0.29) is 94.0 Å². The van der Waals surface area contributed by atoms with E-state index in [0.717, 1.165) is 0 Å². The van der Waals surface area contributed by atoms with Crippen molar-refractivity contribution in [2.75, 3.05) is 0 Å². The maximum Gasteiger partial charge on any atom is 0.316 e. The zero-order valence-corrected chi connectivity index (χ0v) is 9.26. The van der Waals surface area contributed by atoms with Crippen LogP contribution < -0.4 is 0 Å². The van der Waals surface area contributed by atoms with E-state index in [0.29, 0.717) is 0 Å². The first-order valence-electron chi connectivity index (χ1n) is 0. The summed E-state index contributed by atoms with van der Waals surface area (Å²) in [4.78, 5) is 0. The van der Waals surface area contributed by atoms with Crippen molar-refractivity contribution in [3.8, 4) is 0 Å². The molecule has 0 atom stereocenters. The molecule has 0 saturated heterocycles. The van der Waals surface area contributed by atoms with Crippen molar-refractivity contribution in [1.82, 2.24) is 0 Å². The topological polar surface area (TPSA) is 0 Å². The Morgan fingerprint density at radius 3 is 1.00 bits per heavy atom. The molecule has 18 valence electrons. The first-order valence-corrected chi connectivity index (χ1v) is 0. The fourth-order valence-electron chi connectivity index (χ4n) is 0. The predicted octanol–water partition coefficient (Wildman–Crippen LogP) is -0.924. The second kappa shape index (κ2) is 16.5. The summed E-state index contributed by atoms with van der Waals surface area (Å²) >= 11 is 0. The number of hydrogen-bond donors (Lipinski definition) is 0. The molecule has 0 bridgehead atoms. The molecule has 0 amide bonds. The molecule has 4 heavy (non-hydrogen) atoms. The van der Waals surface area contributed by atoms with Gasteiger partial charge in [0.15, 0.2) is 0 Å². The fourth-order valence-corrected chi connectivity index (χ4v) is 0. The van der Waals surface area contributed by atoms with Crippen molar-refractivity contribution >= 4 is 23.1 Å². The maximum atomic E-state index is 0. The van der Waals surface area contributed by atoms with Gasteiger partial charge in [-0.05, 0) is 0 Å². The molecule has 0 saturated carbocycles. The first-order chi connectivity index (χ1) is 0. The summed E-state index contributed by atoms with van der Waals surface area (Å²) in [6.07, 6.45) is 0. The van der Waals surface area contributed by atoms with E-state index in [2.05, 4.69) is 0 Å². The molecule has 0 aromatic heterocycles. The molecule has 0 nitrogen and oxygen atoms in total. The molecule has 0 aromatic carbocycles. The minimum atomic E-state index is 0. The standard InChI is InChI=1S/Mg.Nb.Ta.Zr.2H. The third kappa shape index (κ3) is 8.93. The van der Waals surface area contributed by atoms with Gasteiger partial charge in [0.25, 0.3) is 0 Å². The summed E-state index contributed by atoms with van der Waals surface area (Å²) in [6.45, 7) is 0. The molecule has 0 fully saturated rings. The summed E-state index contributed by atoms with van der Waals surface area (Å²) in [5.41, 5.74) is 0. The van der Waals surface area contributed by atoms with Crippen molar-refractivity contribution in [2.24, 2.45) is 0 Å². The van der Waals surface area contributed by atoms with E-state index in [1.807, 2.05) is 0 Å². The van der Waals surface area contributed by atoms with E-state index in [9.17, 15) is 0 Å². The van der Waals surface area contributed by atoms with Crippen molar-refractivity contribution in [2.45, 2.75) is 0 Å². The molecular formula is H2MgNbTaZr. The number of rotatable bonds is 0. The molecule has 0 aliphatic heterocycles. The van der Waals surface area contributed by atoms with E-state index < -0.39 is 0 Å². The van der Waals surface area contributed by atoms with Crippen molar-refractivity contribution in [3.05, 3.63) is 0 Å². The summed E-state index contributed by atoms with van der Waals surface area (Å²) in [7, 11) is 0. The average Bonchev–Trinajstić information content (AvgIpc) is 0. The zero-order chi connectivity index (χ0) is 0. The second-order valence-corrected chi connectivity index (χ2v) is 0. The van der Waals surface area contributed by atoms with E-state index in [1.165, 1.54) is 0 Å². The van der Waals surface area contributed by atoms with Gasteiger partial charge in [-0.2, -0.15) is 0 Å². The van der Waals surface area contributed by atoms with Crippen LogP contribution in [0.25, 0.3) is 0 Å². The van der Waals surface area contributed by atoms with Crippen LogP contribution >= 0.6 is 0 Å². The van der Waals surface area contributed by atoms with Crippen LogP contribution in [0.3, 0.4) is 0 Å². The van der Waals surface area contributed by atoms with Gasteiger partial charge in [-0.3, -0.25) is 0 Å². The van der Waals surface area contributed by atoms with Crippen LogP contribution in [0.2, 0.25) is 0 Å². The molecule has 0 spiro atoms. The molecule has 4 heteroatoms. The molecule has 0 rings (SSSR count). The minimum absolute atomic E-state index is 0. The Morgan fingerprint density at radius 1 is 1.00 bits per heavy atom. The van der Waals surface area contributed by atoms with Crippen LogP contribution in [0.4, 0.5) is 0 Å². The molecule has 0 aliphatic rings. The summed E-state index contributed by atoms with van der Waals surface area (Å²) in [6, 6.07) is 0. The van der Waals surface area contributed by atoms with Gasteiger partial charge in [0, 0.05) is 71.0 Å². The predicted molar refractivity (Wildman–Crippen MR) is 8.54 cm³/mol. The molecule has 0 unspecified atom stereocenters. The Labute approximate surface area is 92.2 Å². The van der Waals surface area contributed by atoms with Crippen molar-refractivity contribution in [3.63, 3.8) is 0 Å². The van der Waals surface area contributed by atoms with Crippen LogP contribution in [0.15, 0.2) is 0 Å². The van der Waals surface area contributed by atoms with Crippen molar-refractivity contribution in [1.29, 1.82) is 0 Å². The van der Waals surface area contributed by atoms with Crippen LogP contribution in [0, 0.1) is 0 Å². The van der Waals surface area contributed by atoms with Crippen molar-refractivity contribution < 1.29 is 71.0 Å². The molecular weight excluding hydrogens is 389 g/mol. The normalized spacial score (nSPS) is 0. The summed E-state index contributed by atoms with van der Waals surface area (Å²) in [5, 5.41) is 0. The Hall–Kier alpha value is 3.13. The minimum Gasteiger partial charge on any atom is 0 e. The van der Waals surface area contributed by atoms with E-state index in [1.54, 1.807) is 0 Å². The monoisotopic (exact) mass is 390 g/mol. The van der Waals surface area contributed by atoms with Gasteiger partial charge in [-0.1, -0.05) is 0 Å². The molecule has 0 heterocycles.